The number of aromatic nitrogens is 3. The van der Waals surface area contributed by atoms with Crippen LogP contribution < -0.4 is 5.73 Å². The van der Waals surface area contributed by atoms with Crippen LogP contribution >= 0.6 is 22.7 Å². The fraction of sp³-hybridized carbons (Fsp3) is 0.133. The van der Waals surface area contributed by atoms with Crippen molar-refractivity contribution in [2.24, 2.45) is 5.73 Å². The number of carboxylic acid groups (broad SMARTS) is 1. The lowest BCUT2D eigenvalue weighted by atomic mass is 10.2. The molecule has 3 rings (SSSR count). The Kier molecular flexibility index (Phi) is 4.61. The summed E-state index contributed by atoms with van der Waals surface area (Å²) in [6, 6.07) is 6.50. The number of nitrogens with zero attached hydrogens (tertiary/aromatic N) is 4. The maximum atomic E-state index is 10.8. The van der Waals surface area contributed by atoms with Crippen LogP contribution in [0.5, 0.6) is 0 Å². The highest BCUT2D eigenvalue weighted by Gasteiger charge is 2.16. The first kappa shape index (κ1) is 16.2. The number of carboxylic acids is 1. The Balaban J connectivity index is 1.85. The fourth-order valence-corrected chi connectivity index (χ4v) is 3.50. The van der Waals surface area contributed by atoms with Crippen molar-refractivity contribution < 1.29 is 9.90 Å². The standard InChI is InChI=1S/C15H11N5O2S2/c16-5-8-6-24-14(18-8)11-3-1-2-10(19-11)12-7-23-13(20-12)4-9(17)15(21)22/h1-3,6-7,9H,4,17H2,(H,21,22). The third-order valence-electron chi connectivity index (χ3n) is 3.11. The molecule has 0 saturated heterocycles. The van der Waals surface area contributed by atoms with Crippen molar-refractivity contribution in [2.75, 3.05) is 0 Å². The van der Waals surface area contributed by atoms with Gasteiger partial charge in [-0.1, -0.05) is 6.07 Å². The zero-order valence-electron chi connectivity index (χ0n) is 12.2. The molecule has 1 atom stereocenters. The average Bonchev–Trinajstić information content (AvgIpc) is 3.24. The van der Waals surface area contributed by atoms with Gasteiger partial charge in [0.1, 0.15) is 17.1 Å². The van der Waals surface area contributed by atoms with Gasteiger partial charge in [0, 0.05) is 17.2 Å². The first-order valence-corrected chi connectivity index (χ1v) is 8.59. The molecule has 0 fully saturated rings. The van der Waals surface area contributed by atoms with E-state index in [9.17, 15) is 4.79 Å². The van der Waals surface area contributed by atoms with E-state index < -0.39 is 12.0 Å². The molecule has 120 valence electrons. The minimum Gasteiger partial charge on any atom is -0.480 e. The second-order valence-corrected chi connectivity index (χ2v) is 6.63. The molecule has 3 N–H and O–H groups in total. The van der Waals surface area contributed by atoms with Crippen LogP contribution in [0, 0.1) is 11.3 Å². The molecular formula is C15H11N5O2S2. The van der Waals surface area contributed by atoms with Gasteiger partial charge in [-0.2, -0.15) is 5.26 Å². The summed E-state index contributed by atoms with van der Waals surface area (Å²) in [6.45, 7) is 0. The van der Waals surface area contributed by atoms with E-state index in [-0.39, 0.29) is 6.42 Å². The van der Waals surface area contributed by atoms with E-state index in [0.29, 0.717) is 32.8 Å². The number of hydrogen-bond donors (Lipinski definition) is 2. The Bertz CT molecular complexity index is 928. The largest absolute Gasteiger partial charge is 0.480 e. The lowest BCUT2D eigenvalue weighted by Gasteiger charge is -2.02. The summed E-state index contributed by atoms with van der Waals surface area (Å²) >= 11 is 2.70. The molecule has 0 aliphatic heterocycles. The number of aliphatic carboxylic acids is 1. The lowest BCUT2D eigenvalue weighted by molar-refractivity contribution is -0.138. The molecule has 3 aromatic heterocycles. The highest BCUT2D eigenvalue weighted by molar-refractivity contribution is 7.13. The molecule has 9 heteroatoms. The Morgan fingerprint density at radius 2 is 2.00 bits per heavy atom. The quantitative estimate of drug-likeness (QED) is 0.716. The summed E-state index contributed by atoms with van der Waals surface area (Å²) < 4.78 is 0. The topological polar surface area (TPSA) is 126 Å². The SMILES string of the molecule is N#Cc1csc(-c2cccc(-c3csc(CC(N)C(=O)O)n3)n2)n1. The van der Waals surface area contributed by atoms with Gasteiger partial charge < -0.3 is 10.8 Å². The Hall–Kier alpha value is -2.67. The molecule has 1 unspecified atom stereocenters. The number of thiazole rings is 2. The maximum absolute atomic E-state index is 10.8. The smallest absolute Gasteiger partial charge is 0.320 e. The number of nitrogens with two attached hydrogens (primary N) is 1. The van der Waals surface area contributed by atoms with Crippen LogP contribution in [0.15, 0.2) is 29.0 Å². The van der Waals surface area contributed by atoms with Crippen LogP contribution in [-0.4, -0.2) is 32.1 Å². The molecule has 0 bridgehead atoms. The van der Waals surface area contributed by atoms with E-state index in [4.69, 9.17) is 16.1 Å². The van der Waals surface area contributed by atoms with Gasteiger partial charge in [0.2, 0.25) is 0 Å². The molecule has 0 aromatic carbocycles. The van der Waals surface area contributed by atoms with Crippen molar-refractivity contribution in [3.05, 3.63) is 39.7 Å². The second kappa shape index (κ2) is 6.84. The van der Waals surface area contributed by atoms with Gasteiger partial charge in [0.15, 0.2) is 5.69 Å². The first-order chi connectivity index (χ1) is 11.6. The molecule has 0 aliphatic rings. The number of pyridine rings is 1. The van der Waals surface area contributed by atoms with Crippen LogP contribution in [0.25, 0.3) is 22.1 Å². The van der Waals surface area contributed by atoms with Crippen molar-refractivity contribution in [1.82, 2.24) is 15.0 Å². The summed E-state index contributed by atoms with van der Waals surface area (Å²) in [6.07, 6.45) is 0.178. The van der Waals surface area contributed by atoms with Crippen molar-refractivity contribution >= 4 is 28.6 Å². The van der Waals surface area contributed by atoms with Crippen LogP contribution in [0.1, 0.15) is 10.7 Å². The van der Waals surface area contributed by atoms with Gasteiger partial charge in [0.25, 0.3) is 0 Å². The minimum absolute atomic E-state index is 0.178. The summed E-state index contributed by atoms with van der Waals surface area (Å²) in [5.41, 5.74) is 7.87. The van der Waals surface area contributed by atoms with Crippen molar-refractivity contribution in [3.8, 4) is 28.2 Å². The highest BCUT2D eigenvalue weighted by atomic mass is 32.1. The van der Waals surface area contributed by atoms with Crippen molar-refractivity contribution in [2.45, 2.75) is 12.5 Å². The normalized spacial score (nSPS) is 11.8. The molecule has 3 heterocycles. The van der Waals surface area contributed by atoms with Crippen molar-refractivity contribution in [1.29, 1.82) is 5.26 Å². The molecule has 0 aliphatic carbocycles. The van der Waals surface area contributed by atoms with Gasteiger partial charge in [-0.05, 0) is 12.1 Å². The van der Waals surface area contributed by atoms with E-state index >= 15 is 0 Å². The monoisotopic (exact) mass is 357 g/mol. The van der Waals surface area contributed by atoms with Crippen LogP contribution in [0.4, 0.5) is 0 Å². The molecular weight excluding hydrogens is 346 g/mol. The molecule has 0 radical (unpaired) electrons. The van der Waals surface area contributed by atoms with Gasteiger partial charge in [-0.15, -0.1) is 22.7 Å². The number of hydrogen-bond acceptors (Lipinski definition) is 8. The van der Waals surface area contributed by atoms with E-state index in [1.165, 1.54) is 22.7 Å². The number of carbonyl (C=O) groups is 1. The third-order valence-corrected chi connectivity index (χ3v) is 4.85. The Morgan fingerprint density at radius 3 is 2.71 bits per heavy atom. The summed E-state index contributed by atoms with van der Waals surface area (Å²) in [7, 11) is 0. The van der Waals surface area contributed by atoms with Gasteiger partial charge in [0.05, 0.1) is 22.1 Å². The third kappa shape index (κ3) is 3.46. The van der Waals surface area contributed by atoms with Gasteiger partial charge in [-0.25, -0.2) is 15.0 Å². The van der Waals surface area contributed by atoms with E-state index in [2.05, 4.69) is 15.0 Å². The van der Waals surface area contributed by atoms with Crippen molar-refractivity contribution in [3.63, 3.8) is 0 Å². The predicted octanol–water partition coefficient (Wildman–Crippen LogP) is 2.15. The Labute approximate surface area is 145 Å². The molecule has 24 heavy (non-hydrogen) atoms. The van der Waals surface area contributed by atoms with E-state index in [1.807, 2.05) is 29.6 Å². The first-order valence-electron chi connectivity index (χ1n) is 6.83. The summed E-state index contributed by atoms with van der Waals surface area (Å²) in [5.74, 6) is -1.05. The van der Waals surface area contributed by atoms with Crippen LogP contribution in [-0.2, 0) is 11.2 Å². The number of rotatable bonds is 5. The fourth-order valence-electron chi connectivity index (χ4n) is 1.94. The highest BCUT2D eigenvalue weighted by Crippen LogP contribution is 2.26. The van der Waals surface area contributed by atoms with E-state index in [1.54, 1.807) is 5.38 Å². The maximum Gasteiger partial charge on any atom is 0.320 e. The molecule has 3 aromatic rings. The predicted molar refractivity (Wildman–Crippen MR) is 90.5 cm³/mol. The van der Waals surface area contributed by atoms with Gasteiger partial charge >= 0.3 is 5.97 Å². The zero-order chi connectivity index (χ0) is 17.1. The van der Waals surface area contributed by atoms with Gasteiger partial charge in [-0.3, -0.25) is 4.79 Å². The number of nitriles is 1. The summed E-state index contributed by atoms with van der Waals surface area (Å²) in [4.78, 5) is 23.9. The summed E-state index contributed by atoms with van der Waals surface area (Å²) in [5, 5.41) is 22.5. The molecule has 7 nitrogen and oxygen atoms in total. The van der Waals surface area contributed by atoms with E-state index in [0.717, 1.165) is 0 Å². The molecule has 0 spiro atoms. The lowest BCUT2D eigenvalue weighted by Crippen LogP contribution is -2.32. The minimum atomic E-state index is -1.05. The zero-order valence-corrected chi connectivity index (χ0v) is 13.8. The van der Waals surface area contributed by atoms with Crippen LogP contribution in [0.3, 0.4) is 0 Å². The molecule has 0 saturated carbocycles. The molecule has 0 amide bonds. The second-order valence-electron chi connectivity index (χ2n) is 4.83. The van der Waals surface area contributed by atoms with Crippen LogP contribution in [0.2, 0.25) is 0 Å². The average molecular weight is 357 g/mol. The Morgan fingerprint density at radius 1 is 1.21 bits per heavy atom.